The van der Waals surface area contributed by atoms with Crippen LogP contribution in [-0.2, 0) is 0 Å². The number of H-pyrrole nitrogens is 3. The van der Waals surface area contributed by atoms with Crippen molar-refractivity contribution in [3.8, 4) is 33.9 Å². The first-order valence-electron chi connectivity index (χ1n) is 9.61. The van der Waals surface area contributed by atoms with E-state index < -0.39 is 0 Å². The molecule has 9 heteroatoms. The van der Waals surface area contributed by atoms with Gasteiger partial charge in [-0.3, -0.25) is 15.2 Å². The van der Waals surface area contributed by atoms with Crippen LogP contribution in [0.3, 0.4) is 0 Å². The van der Waals surface area contributed by atoms with Gasteiger partial charge in [0.2, 0.25) is 0 Å². The van der Waals surface area contributed by atoms with Gasteiger partial charge in [0, 0.05) is 35.3 Å². The van der Waals surface area contributed by atoms with Crippen LogP contribution in [0.5, 0.6) is 0 Å². The Bertz CT molecular complexity index is 1540. The van der Waals surface area contributed by atoms with E-state index in [2.05, 4.69) is 35.3 Å². The summed E-state index contributed by atoms with van der Waals surface area (Å²) in [5.74, 6) is 0.274. The zero-order valence-electron chi connectivity index (χ0n) is 16.3. The molecule has 6 aromatic rings. The van der Waals surface area contributed by atoms with Crippen LogP contribution in [0.1, 0.15) is 5.56 Å². The SMILES string of the molecule is Cc1cc(F)cc(-c2nccc3[nH]c(-c4n[nH]c5ncc(-c6cn[nH]c6)cc45)nc23)c1. The minimum absolute atomic E-state index is 0.305. The van der Waals surface area contributed by atoms with Gasteiger partial charge in [-0.15, -0.1) is 0 Å². The van der Waals surface area contributed by atoms with Crippen molar-refractivity contribution < 1.29 is 4.39 Å². The quantitative estimate of drug-likeness (QED) is 0.400. The molecule has 5 aromatic heterocycles. The molecular formula is C22H15FN8. The molecule has 0 radical (unpaired) electrons. The zero-order chi connectivity index (χ0) is 20.9. The summed E-state index contributed by atoms with van der Waals surface area (Å²) in [4.78, 5) is 17.0. The number of nitrogens with zero attached hydrogens (tertiary/aromatic N) is 5. The first-order chi connectivity index (χ1) is 15.2. The van der Waals surface area contributed by atoms with Crippen molar-refractivity contribution in [2.45, 2.75) is 6.92 Å². The Morgan fingerprint density at radius 2 is 1.87 bits per heavy atom. The van der Waals surface area contributed by atoms with E-state index in [0.29, 0.717) is 33.9 Å². The number of aromatic amines is 3. The van der Waals surface area contributed by atoms with Crippen molar-refractivity contribution in [2.75, 3.05) is 0 Å². The highest BCUT2D eigenvalue weighted by molar-refractivity contribution is 5.96. The highest BCUT2D eigenvalue weighted by Gasteiger charge is 2.17. The molecule has 0 amide bonds. The maximum Gasteiger partial charge on any atom is 0.159 e. The van der Waals surface area contributed by atoms with Gasteiger partial charge in [0.25, 0.3) is 0 Å². The average Bonchev–Trinajstić information content (AvgIpc) is 3.50. The molecule has 31 heavy (non-hydrogen) atoms. The lowest BCUT2D eigenvalue weighted by molar-refractivity contribution is 0.627. The number of aryl methyl sites for hydroxylation is 1. The molecule has 0 aliphatic heterocycles. The van der Waals surface area contributed by atoms with E-state index in [1.807, 2.05) is 31.3 Å². The van der Waals surface area contributed by atoms with Crippen molar-refractivity contribution in [3.63, 3.8) is 0 Å². The zero-order valence-corrected chi connectivity index (χ0v) is 16.3. The number of pyridine rings is 2. The van der Waals surface area contributed by atoms with Gasteiger partial charge in [0.1, 0.15) is 17.0 Å². The number of hydrogen-bond donors (Lipinski definition) is 3. The maximum atomic E-state index is 14.0. The first-order valence-corrected chi connectivity index (χ1v) is 9.61. The highest BCUT2D eigenvalue weighted by atomic mass is 19.1. The van der Waals surface area contributed by atoms with E-state index in [4.69, 9.17) is 4.98 Å². The van der Waals surface area contributed by atoms with Gasteiger partial charge in [0.05, 0.1) is 22.8 Å². The molecule has 0 atom stereocenters. The lowest BCUT2D eigenvalue weighted by Gasteiger charge is -2.03. The molecule has 8 nitrogen and oxygen atoms in total. The van der Waals surface area contributed by atoms with Crippen molar-refractivity contribution in [2.24, 2.45) is 0 Å². The van der Waals surface area contributed by atoms with Crippen molar-refractivity contribution in [3.05, 3.63) is 66.5 Å². The van der Waals surface area contributed by atoms with Crippen molar-refractivity contribution >= 4 is 22.1 Å². The molecule has 0 aliphatic carbocycles. The number of benzene rings is 1. The number of nitrogens with one attached hydrogen (secondary N) is 3. The van der Waals surface area contributed by atoms with Crippen LogP contribution in [0.2, 0.25) is 0 Å². The van der Waals surface area contributed by atoms with Crippen LogP contribution in [0.25, 0.3) is 56.0 Å². The van der Waals surface area contributed by atoms with Crippen LogP contribution in [0.15, 0.2) is 55.1 Å². The molecule has 0 aliphatic rings. The Kier molecular flexibility index (Phi) is 3.69. The fourth-order valence-electron chi connectivity index (χ4n) is 3.78. The second kappa shape index (κ2) is 6.56. The van der Waals surface area contributed by atoms with E-state index in [1.54, 1.807) is 18.6 Å². The summed E-state index contributed by atoms with van der Waals surface area (Å²) < 4.78 is 14.0. The summed E-state index contributed by atoms with van der Waals surface area (Å²) in [6.45, 7) is 1.85. The number of hydrogen-bond acceptors (Lipinski definition) is 5. The summed E-state index contributed by atoms with van der Waals surface area (Å²) >= 11 is 0. The Morgan fingerprint density at radius 3 is 2.71 bits per heavy atom. The molecule has 6 rings (SSSR count). The Balaban J connectivity index is 1.53. The maximum absolute atomic E-state index is 14.0. The number of aromatic nitrogens is 8. The molecule has 0 saturated heterocycles. The van der Waals surface area contributed by atoms with Crippen molar-refractivity contribution in [1.82, 2.24) is 40.3 Å². The van der Waals surface area contributed by atoms with E-state index in [1.165, 1.54) is 12.1 Å². The summed E-state index contributed by atoms with van der Waals surface area (Å²) in [5.41, 5.74) is 6.69. The molecular weight excluding hydrogens is 395 g/mol. The monoisotopic (exact) mass is 410 g/mol. The van der Waals surface area contributed by atoms with Gasteiger partial charge in [-0.1, -0.05) is 0 Å². The second-order valence-electron chi connectivity index (χ2n) is 7.34. The van der Waals surface area contributed by atoms with Gasteiger partial charge in [-0.2, -0.15) is 10.2 Å². The normalized spacial score (nSPS) is 11.5. The Hall–Kier alpha value is -4.40. The van der Waals surface area contributed by atoms with Crippen LogP contribution in [0, 0.1) is 12.7 Å². The summed E-state index contributed by atoms with van der Waals surface area (Å²) in [7, 11) is 0. The standard InChI is InChI=1S/C22H15FN8/c1-11-4-12(6-15(23)5-11)18-20-17(2-3-24-18)28-22(29-20)19-16-7-13(14-9-26-27-10-14)8-25-21(16)31-30-19/h2-10H,1H3,(H,26,27)(H,28,29)(H,25,30,31). The molecule has 3 N–H and O–H groups in total. The fraction of sp³-hybridized carbons (Fsp3) is 0.0455. The molecule has 0 fully saturated rings. The van der Waals surface area contributed by atoms with Crippen LogP contribution < -0.4 is 0 Å². The molecule has 150 valence electrons. The molecule has 0 spiro atoms. The number of halogens is 1. The lowest BCUT2D eigenvalue weighted by Crippen LogP contribution is -1.88. The minimum Gasteiger partial charge on any atom is -0.336 e. The van der Waals surface area contributed by atoms with Gasteiger partial charge in [-0.25, -0.2) is 14.4 Å². The van der Waals surface area contributed by atoms with Gasteiger partial charge < -0.3 is 4.98 Å². The summed E-state index contributed by atoms with van der Waals surface area (Å²) in [6, 6.07) is 8.68. The predicted octanol–water partition coefficient (Wildman–Crippen LogP) is 4.40. The molecule has 0 saturated carbocycles. The lowest BCUT2D eigenvalue weighted by atomic mass is 10.1. The molecule has 1 aromatic carbocycles. The number of imidazole rings is 1. The van der Waals surface area contributed by atoms with E-state index in [0.717, 1.165) is 27.6 Å². The molecule has 0 unspecified atom stereocenters. The summed E-state index contributed by atoms with van der Waals surface area (Å²) in [6.07, 6.45) is 6.99. The Labute approximate surface area is 174 Å². The second-order valence-corrected chi connectivity index (χ2v) is 7.34. The fourth-order valence-corrected chi connectivity index (χ4v) is 3.78. The van der Waals surface area contributed by atoms with Crippen molar-refractivity contribution in [1.29, 1.82) is 0 Å². The predicted molar refractivity (Wildman–Crippen MR) is 114 cm³/mol. The minimum atomic E-state index is -0.305. The van der Waals surface area contributed by atoms with Crippen LogP contribution in [0.4, 0.5) is 4.39 Å². The highest BCUT2D eigenvalue weighted by Crippen LogP contribution is 2.31. The Morgan fingerprint density at radius 1 is 0.935 bits per heavy atom. The topological polar surface area (TPSA) is 112 Å². The number of rotatable bonds is 3. The third kappa shape index (κ3) is 2.86. The largest absolute Gasteiger partial charge is 0.336 e. The molecule has 5 heterocycles. The molecule has 0 bridgehead atoms. The third-order valence-electron chi connectivity index (χ3n) is 5.19. The number of fused-ring (bicyclic) bond motifs is 2. The van der Waals surface area contributed by atoms with E-state index in [9.17, 15) is 4.39 Å². The first kappa shape index (κ1) is 17.5. The average molecular weight is 410 g/mol. The van der Waals surface area contributed by atoms with Crippen LogP contribution >= 0.6 is 0 Å². The van der Waals surface area contributed by atoms with Gasteiger partial charge in [0.15, 0.2) is 11.5 Å². The van der Waals surface area contributed by atoms with Gasteiger partial charge in [-0.05, 0) is 42.8 Å². The van der Waals surface area contributed by atoms with Crippen LogP contribution in [-0.4, -0.2) is 40.3 Å². The van der Waals surface area contributed by atoms with Gasteiger partial charge >= 0.3 is 0 Å². The van der Waals surface area contributed by atoms with E-state index >= 15 is 0 Å². The smallest absolute Gasteiger partial charge is 0.159 e. The van der Waals surface area contributed by atoms with E-state index in [-0.39, 0.29) is 5.82 Å². The summed E-state index contributed by atoms with van der Waals surface area (Å²) in [5, 5.41) is 15.0. The third-order valence-corrected chi connectivity index (χ3v) is 5.19.